The van der Waals surface area contributed by atoms with Gasteiger partial charge in [-0.15, -0.1) is 6.58 Å². The summed E-state index contributed by atoms with van der Waals surface area (Å²) in [4.78, 5) is 13.9. The molecule has 0 bridgehead atoms. The Morgan fingerprint density at radius 2 is 2.29 bits per heavy atom. The van der Waals surface area contributed by atoms with E-state index in [1.807, 2.05) is 6.92 Å². The summed E-state index contributed by atoms with van der Waals surface area (Å²) in [7, 11) is 0. The Bertz CT molecular complexity index is 437. The standard InChI is InChI=1S/C14H23N5O2/c1-11(2)5-4-6-12(3)7-8-18-19-14(21)9-16-13(20)10-17-15/h8,10,12,16H,1,4-7,9H2,2-3H3,(H-,19,20,21)/p+1. The van der Waals surface area contributed by atoms with Crippen molar-refractivity contribution in [3.8, 4) is 0 Å². The fourth-order valence-electron chi connectivity index (χ4n) is 1.53. The summed E-state index contributed by atoms with van der Waals surface area (Å²) in [6.45, 7) is 7.86. The Balaban J connectivity index is 3.75. The summed E-state index contributed by atoms with van der Waals surface area (Å²) < 4.78 is 0. The maximum Gasteiger partial charge on any atom is 0.409 e. The fourth-order valence-corrected chi connectivity index (χ4v) is 1.53. The first-order valence-electron chi connectivity index (χ1n) is 6.87. The minimum atomic E-state index is -0.404. The molecule has 0 aliphatic heterocycles. The summed E-state index contributed by atoms with van der Waals surface area (Å²) in [5, 5.41) is 23.3. The summed E-state index contributed by atoms with van der Waals surface area (Å²) in [5.74, 6) is -0.303. The van der Waals surface area contributed by atoms with E-state index in [1.54, 1.807) is 6.21 Å². The fraction of sp³-hybridized carbons (Fsp3) is 0.571. The van der Waals surface area contributed by atoms with Crippen molar-refractivity contribution >= 4 is 12.1 Å². The lowest BCUT2D eigenvalue weighted by molar-refractivity contribution is -0.120. The third-order valence-corrected chi connectivity index (χ3v) is 2.70. The van der Waals surface area contributed by atoms with Crippen LogP contribution in [0.4, 0.5) is 0 Å². The number of aliphatic hydroxyl groups excluding tert-OH is 1. The second-order valence-electron chi connectivity index (χ2n) is 5.02. The van der Waals surface area contributed by atoms with Crippen molar-refractivity contribution in [1.82, 2.24) is 10.7 Å². The molecule has 1 amide bonds. The van der Waals surface area contributed by atoms with Gasteiger partial charge in [-0.2, -0.15) is 5.10 Å². The molecule has 0 aliphatic rings. The van der Waals surface area contributed by atoms with Crippen LogP contribution in [0.5, 0.6) is 0 Å². The van der Waals surface area contributed by atoms with Gasteiger partial charge in [-0.3, -0.25) is 4.79 Å². The number of hydrogen-bond acceptors (Lipinski definition) is 5. The van der Waals surface area contributed by atoms with Crippen molar-refractivity contribution < 1.29 is 9.90 Å². The Hall–Kier alpha value is -2.36. The van der Waals surface area contributed by atoms with Gasteiger partial charge in [-0.25, -0.2) is 5.43 Å². The van der Waals surface area contributed by atoms with Crippen molar-refractivity contribution in [2.24, 2.45) is 11.0 Å². The zero-order chi connectivity index (χ0) is 16.1. The van der Waals surface area contributed by atoms with Crippen molar-refractivity contribution in [2.75, 3.05) is 6.54 Å². The quantitative estimate of drug-likeness (QED) is 0.189. The Morgan fingerprint density at radius 3 is 2.90 bits per heavy atom. The van der Waals surface area contributed by atoms with Gasteiger partial charge in [0, 0.05) is 6.21 Å². The Kier molecular flexibility index (Phi) is 10.2. The second-order valence-corrected chi connectivity index (χ2v) is 5.02. The maximum atomic E-state index is 11.3. The van der Waals surface area contributed by atoms with E-state index < -0.39 is 11.8 Å². The number of aliphatic hydroxyl groups is 1. The van der Waals surface area contributed by atoms with Gasteiger partial charge in [0.15, 0.2) is 4.98 Å². The monoisotopic (exact) mass is 294 g/mol. The van der Waals surface area contributed by atoms with Gasteiger partial charge in [-0.05, 0) is 32.1 Å². The molecule has 1 unspecified atom stereocenters. The summed E-state index contributed by atoms with van der Waals surface area (Å²) in [6.07, 6.45) is 6.49. The average molecular weight is 294 g/mol. The molecule has 0 rings (SSSR count). The van der Waals surface area contributed by atoms with Gasteiger partial charge in [0.2, 0.25) is 5.39 Å². The highest BCUT2D eigenvalue weighted by Gasteiger charge is 2.03. The highest BCUT2D eigenvalue weighted by Crippen LogP contribution is 2.12. The van der Waals surface area contributed by atoms with E-state index in [1.165, 1.54) is 5.57 Å². The normalized spacial score (nSPS) is 12.7. The van der Waals surface area contributed by atoms with Crippen LogP contribution >= 0.6 is 0 Å². The molecule has 0 heterocycles. The van der Waals surface area contributed by atoms with Crippen molar-refractivity contribution in [1.29, 1.82) is 5.39 Å². The van der Waals surface area contributed by atoms with Crippen LogP contribution in [-0.2, 0) is 4.79 Å². The van der Waals surface area contributed by atoms with Crippen LogP contribution in [0.15, 0.2) is 29.3 Å². The van der Waals surface area contributed by atoms with Crippen LogP contribution in [0.3, 0.4) is 0 Å². The van der Waals surface area contributed by atoms with Gasteiger partial charge in [0.25, 0.3) is 11.8 Å². The highest BCUT2D eigenvalue weighted by molar-refractivity contribution is 5.78. The van der Waals surface area contributed by atoms with E-state index >= 15 is 0 Å². The molecule has 7 heteroatoms. The maximum absolute atomic E-state index is 11.3. The third-order valence-electron chi connectivity index (χ3n) is 2.70. The lowest BCUT2D eigenvalue weighted by Crippen LogP contribution is -2.30. The molecule has 1 atom stereocenters. The van der Waals surface area contributed by atoms with Crippen LogP contribution in [0.25, 0.3) is 4.98 Å². The first kappa shape index (κ1) is 18.6. The molecule has 0 fully saturated rings. The van der Waals surface area contributed by atoms with E-state index in [9.17, 15) is 4.79 Å². The number of amides is 1. The Morgan fingerprint density at radius 1 is 1.57 bits per heavy atom. The molecule has 0 saturated carbocycles. The molecule has 0 radical (unpaired) electrons. The van der Waals surface area contributed by atoms with E-state index in [4.69, 9.17) is 10.5 Å². The summed E-state index contributed by atoms with van der Waals surface area (Å²) >= 11 is 0. The smallest absolute Gasteiger partial charge is 0.409 e. The molecular weight excluding hydrogens is 270 g/mol. The summed E-state index contributed by atoms with van der Waals surface area (Å²) in [6, 6.07) is 0. The number of diazo groups is 1. The first-order valence-corrected chi connectivity index (χ1v) is 6.87. The van der Waals surface area contributed by atoms with Crippen molar-refractivity contribution in [3.05, 3.63) is 29.2 Å². The lowest BCUT2D eigenvalue weighted by atomic mass is 10.00. The number of carbonyl (C=O) groups excluding carboxylic acids is 1. The number of carbonyl (C=O) groups is 1. The van der Waals surface area contributed by atoms with Crippen LogP contribution in [0.1, 0.15) is 39.5 Å². The van der Waals surface area contributed by atoms with Crippen LogP contribution < -0.4 is 10.7 Å². The van der Waals surface area contributed by atoms with E-state index in [2.05, 4.69) is 34.3 Å². The van der Waals surface area contributed by atoms with Gasteiger partial charge in [0.05, 0.1) is 6.54 Å². The minimum Gasteiger partial charge on any atom is -0.490 e. The van der Waals surface area contributed by atoms with E-state index in [0.717, 1.165) is 31.9 Å². The molecule has 7 nitrogen and oxygen atoms in total. The zero-order valence-electron chi connectivity index (χ0n) is 12.7. The zero-order valence-corrected chi connectivity index (χ0v) is 12.7. The Labute approximate surface area is 125 Å². The molecule has 0 spiro atoms. The number of hydrogen-bond donors (Lipinski definition) is 3. The van der Waals surface area contributed by atoms with Gasteiger partial charge >= 0.3 is 6.20 Å². The second kappa shape index (κ2) is 11.5. The number of rotatable bonds is 10. The van der Waals surface area contributed by atoms with E-state index in [0.29, 0.717) is 5.92 Å². The van der Waals surface area contributed by atoms with Crippen LogP contribution in [-0.4, -0.2) is 23.8 Å². The predicted octanol–water partition coefficient (Wildman–Crippen LogP) is 2.66. The molecule has 3 N–H and O–H groups in total. The molecule has 0 aromatic rings. The number of nitrogens with zero attached hydrogens (tertiary/aromatic N) is 3. The lowest BCUT2D eigenvalue weighted by Gasteiger charge is -2.07. The molecular formula is C14H24N5O2+. The molecule has 21 heavy (non-hydrogen) atoms. The van der Waals surface area contributed by atoms with Crippen LogP contribution in [0, 0.1) is 11.3 Å². The molecule has 0 aromatic heterocycles. The van der Waals surface area contributed by atoms with Crippen molar-refractivity contribution in [2.45, 2.75) is 39.5 Å². The SMILES string of the molecule is C=C(C)CCCC(C)CC=NNC(=O)CNC(O)=C[N+]#N. The topological polar surface area (TPSA) is 102 Å². The molecule has 116 valence electrons. The number of nitrogens with one attached hydrogen (secondary N) is 2. The highest BCUT2D eigenvalue weighted by atomic mass is 16.3. The average Bonchev–Trinajstić information content (AvgIpc) is 2.41. The van der Waals surface area contributed by atoms with Crippen LogP contribution in [0.2, 0.25) is 0 Å². The molecule has 0 saturated heterocycles. The van der Waals surface area contributed by atoms with Crippen molar-refractivity contribution in [3.63, 3.8) is 0 Å². The molecule has 0 aliphatic carbocycles. The van der Waals surface area contributed by atoms with Gasteiger partial charge in [0.1, 0.15) is 0 Å². The first-order chi connectivity index (χ1) is 9.95. The van der Waals surface area contributed by atoms with Gasteiger partial charge < -0.3 is 10.4 Å². The van der Waals surface area contributed by atoms with Gasteiger partial charge in [-0.1, -0.05) is 18.9 Å². The summed E-state index contributed by atoms with van der Waals surface area (Å²) in [5.41, 5.74) is 3.53. The predicted molar refractivity (Wildman–Crippen MR) is 82.9 cm³/mol. The number of hydrazone groups is 1. The molecule has 0 aromatic carbocycles. The minimum absolute atomic E-state index is 0.163. The third kappa shape index (κ3) is 12.4. The largest absolute Gasteiger partial charge is 0.490 e. The van der Waals surface area contributed by atoms with E-state index in [-0.39, 0.29) is 6.54 Å². The number of allylic oxidation sites excluding steroid dienone is 1.